The molecule has 0 saturated carbocycles. The van der Waals surface area contributed by atoms with Crippen LogP contribution in [0.25, 0.3) is 16.6 Å². The van der Waals surface area contributed by atoms with Crippen molar-refractivity contribution in [2.24, 2.45) is 0 Å². The number of benzene rings is 1. The van der Waals surface area contributed by atoms with Crippen LogP contribution in [0.2, 0.25) is 0 Å². The minimum atomic E-state index is -0.591. The largest absolute Gasteiger partial charge is 0.461 e. The minimum Gasteiger partial charge on any atom is -0.461 e. The highest BCUT2D eigenvalue weighted by molar-refractivity contribution is 6.02. The van der Waals surface area contributed by atoms with E-state index >= 15 is 0 Å². The molecule has 136 valence electrons. The normalized spacial score (nSPS) is 11.1. The molecule has 0 spiro atoms. The Bertz CT molecular complexity index is 1040. The Morgan fingerprint density at radius 2 is 2.04 bits per heavy atom. The number of fused-ring (bicyclic) bond motifs is 1. The molecular formula is C18H20N4O4. The number of carbonyl (C=O) groups excluding carboxylic acids is 1. The maximum atomic E-state index is 12.6. The van der Waals surface area contributed by atoms with E-state index in [1.54, 1.807) is 43.7 Å². The van der Waals surface area contributed by atoms with E-state index in [9.17, 15) is 14.7 Å². The summed E-state index contributed by atoms with van der Waals surface area (Å²) in [5, 5.41) is 18.3. The summed E-state index contributed by atoms with van der Waals surface area (Å²) in [6.45, 7) is 5.66. The van der Waals surface area contributed by atoms with E-state index in [0.29, 0.717) is 23.3 Å². The summed E-state index contributed by atoms with van der Waals surface area (Å²) in [4.78, 5) is 25.0. The van der Waals surface area contributed by atoms with Crippen LogP contribution in [0.5, 0.6) is 0 Å². The lowest BCUT2D eigenvalue weighted by Crippen LogP contribution is -2.26. The molecule has 0 unspecified atom stereocenters. The molecule has 0 saturated heterocycles. The zero-order valence-electron chi connectivity index (χ0n) is 14.9. The van der Waals surface area contributed by atoms with Crippen LogP contribution in [0.3, 0.4) is 0 Å². The van der Waals surface area contributed by atoms with Crippen molar-refractivity contribution in [3.8, 4) is 5.69 Å². The Balaban J connectivity index is 2.33. The van der Waals surface area contributed by atoms with Gasteiger partial charge in [0.15, 0.2) is 11.2 Å². The van der Waals surface area contributed by atoms with Gasteiger partial charge in [-0.15, -0.1) is 0 Å². The van der Waals surface area contributed by atoms with Gasteiger partial charge < -0.3 is 9.84 Å². The van der Waals surface area contributed by atoms with Crippen molar-refractivity contribution in [1.29, 1.82) is 0 Å². The Morgan fingerprint density at radius 1 is 1.27 bits per heavy atom. The molecule has 0 amide bonds. The Labute approximate surface area is 149 Å². The Kier molecular flexibility index (Phi) is 4.85. The van der Waals surface area contributed by atoms with E-state index in [4.69, 9.17) is 4.74 Å². The number of hydrogen-bond donors (Lipinski definition) is 1. The number of aromatic nitrogens is 4. The van der Waals surface area contributed by atoms with E-state index in [1.807, 2.05) is 6.07 Å². The fourth-order valence-electron chi connectivity index (χ4n) is 2.87. The lowest BCUT2D eigenvalue weighted by atomic mass is 10.2. The fourth-order valence-corrected chi connectivity index (χ4v) is 2.87. The van der Waals surface area contributed by atoms with Gasteiger partial charge in [-0.2, -0.15) is 10.2 Å². The number of carbonyl (C=O) groups is 1. The van der Waals surface area contributed by atoms with Gasteiger partial charge in [0, 0.05) is 6.54 Å². The smallest absolute Gasteiger partial charge is 0.359 e. The van der Waals surface area contributed by atoms with Gasteiger partial charge in [0.2, 0.25) is 0 Å². The first-order valence-corrected chi connectivity index (χ1v) is 8.39. The second-order valence-corrected chi connectivity index (χ2v) is 5.74. The number of esters is 1. The third kappa shape index (κ3) is 2.88. The molecule has 0 aliphatic rings. The van der Waals surface area contributed by atoms with Crippen LogP contribution >= 0.6 is 0 Å². The molecule has 0 radical (unpaired) electrons. The first kappa shape index (κ1) is 17.8. The zero-order chi connectivity index (χ0) is 18.8. The molecule has 0 aliphatic carbocycles. The van der Waals surface area contributed by atoms with Crippen LogP contribution in [-0.4, -0.2) is 37.2 Å². The maximum absolute atomic E-state index is 12.6. The predicted molar refractivity (Wildman–Crippen MR) is 95.4 cm³/mol. The minimum absolute atomic E-state index is 0.0744. The van der Waals surface area contributed by atoms with Crippen LogP contribution in [0.1, 0.15) is 35.6 Å². The van der Waals surface area contributed by atoms with Crippen LogP contribution in [0.15, 0.2) is 29.1 Å². The zero-order valence-corrected chi connectivity index (χ0v) is 14.9. The molecule has 0 aliphatic heterocycles. The number of aliphatic hydroxyl groups is 1. The van der Waals surface area contributed by atoms with Crippen molar-refractivity contribution in [2.45, 2.75) is 33.9 Å². The summed E-state index contributed by atoms with van der Waals surface area (Å²) in [6.07, 6.45) is 0. The molecule has 0 fully saturated rings. The number of hydrogen-bond acceptors (Lipinski definition) is 6. The molecule has 26 heavy (non-hydrogen) atoms. The lowest BCUT2D eigenvalue weighted by molar-refractivity contribution is 0.0519. The third-order valence-corrected chi connectivity index (χ3v) is 4.12. The lowest BCUT2D eigenvalue weighted by Gasteiger charge is -2.07. The summed E-state index contributed by atoms with van der Waals surface area (Å²) in [6, 6.07) is 7.17. The molecule has 0 atom stereocenters. The van der Waals surface area contributed by atoms with Gasteiger partial charge in [-0.1, -0.05) is 12.1 Å². The van der Waals surface area contributed by atoms with Crippen molar-refractivity contribution < 1.29 is 14.6 Å². The van der Waals surface area contributed by atoms with E-state index in [-0.39, 0.29) is 30.0 Å². The molecule has 8 heteroatoms. The molecule has 1 N–H and O–H groups in total. The highest BCUT2D eigenvalue weighted by atomic mass is 16.5. The third-order valence-electron chi connectivity index (χ3n) is 4.12. The number of aliphatic hydroxyl groups excluding tert-OH is 1. The number of ether oxygens (including phenoxy) is 1. The van der Waals surface area contributed by atoms with E-state index in [0.717, 1.165) is 5.56 Å². The Hall–Kier alpha value is -3.00. The molecule has 8 nitrogen and oxygen atoms in total. The monoisotopic (exact) mass is 356 g/mol. The first-order valence-electron chi connectivity index (χ1n) is 8.39. The van der Waals surface area contributed by atoms with Crippen LogP contribution in [0.4, 0.5) is 0 Å². The SMILES string of the molecule is CCOC(=O)c1nn(CC)c(=O)c2nn(-c3cccc(CO)c3)c(C)c12. The molecule has 2 heterocycles. The van der Waals surface area contributed by atoms with Crippen molar-refractivity contribution >= 4 is 16.9 Å². The summed E-state index contributed by atoms with van der Waals surface area (Å²) >= 11 is 0. The Morgan fingerprint density at radius 3 is 2.69 bits per heavy atom. The summed E-state index contributed by atoms with van der Waals surface area (Å²) in [5.74, 6) is -0.591. The quantitative estimate of drug-likeness (QED) is 0.697. The average Bonchev–Trinajstić information content (AvgIpc) is 3.00. The molecule has 2 aromatic heterocycles. The van der Waals surface area contributed by atoms with Crippen molar-refractivity contribution in [2.75, 3.05) is 6.61 Å². The van der Waals surface area contributed by atoms with Gasteiger partial charge in [-0.25, -0.2) is 14.2 Å². The van der Waals surface area contributed by atoms with E-state index < -0.39 is 5.97 Å². The average molecular weight is 356 g/mol. The second-order valence-electron chi connectivity index (χ2n) is 5.74. The predicted octanol–water partition coefficient (Wildman–Crippen LogP) is 1.58. The van der Waals surface area contributed by atoms with Crippen molar-refractivity contribution in [1.82, 2.24) is 19.6 Å². The maximum Gasteiger partial charge on any atom is 0.359 e. The highest BCUT2D eigenvalue weighted by Crippen LogP contribution is 2.22. The molecule has 3 aromatic rings. The van der Waals surface area contributed by atoms with Crippen LogP contribution < -0.4 is 5.56 Å². The number of nitrogens with zero attached hydrogens (tertiary/aromatic N) is 4. The van der Waals surface area contributed by atoms with Crippen molar-refractivity contribution in [3.05, 3.63) is 51.6 Å². The molecule has 1 aromatic carbocycles. The standard InChI is InChI=1S/C18H20N4O4/c1-4-21-17(24)15-14(16(19-21)18(25)26-5-2)11(3)22(20-15)13-8-6-7-12(9-13)10-23/h6-9,23H,4-5,10H2,1-3H3. The van der Waals surface area contributed by atoms with E-state index in [1.165, 1.54) is 4.68 Å². The summed E-state index contributed by atoms with van der Waals surface area (Å²) in [7, 11) is 0. The van der Waals surface area contributed by atoms with Gasteiger partial charge in [-0.3, -0.25) is 4.79 Å². The van der Waals surface area contributed by atoms with Gasteiger partial charge in [0.05, 0.1) is 30.0 Å². The van der Waals surface area contributed by atoms with Gasteiger partial charge in [0.25, 0.3) is 5.56 Å². The molecular weight excluding hydrogens is 336 g/mol. The van der Waals surface area contributed by atoms with Gasteiger partial charge in [0.1, 0.15) is 0 Å². The molecule has 0 bridgehead atoms. The van der Waals surface area contributed by atoms with Crippen molar-refractivity contribution in [3.63, 3.8) is 0 Å². The number of rotatable bonds is 5. The topological polar surface area (TPSA) is 99.2 Å². The first-order chi connectivity index (χ1) is 12.5. The van der Waals surface area contributed by atoms with E-state index in [2.05, 4.69) is 10.2 Å². The van der Waals surface area contributed by atoms with Gasteiger partial charge >= 0.3 is 5.97 Å². The summed E-state index contributed by atoms with van der Waals surface area (Å²) < 4.78 is 7.88. The molecule has 3 rings (SSSR count). The fraction of sp³-hybridized carbons (Fsp3) is 0.333. The van der Waals surface area contributed by atoms with Gasteiger partial charge in [-0.05, 0) is 38.5 Å². The van der Waals surface area contributed by atoms with Crippen LogP contribution in [-0.2, 0) is 17.9 Å². The number of aryl methyl sites for hydroxylation is 2. The second kappa shape index (κ2) is 7.09. The summed E-state index contributed by atoms with van der Waals surface area (Å²) in [5.41, 5.74) is 1.88. The van der Waals surface area contributed by atoms with Crippen LogP contribution in [0, 0.1) is 6.92 Å². The highest BCUT2D eigenvalue weighted by Gasteiger charge is 2.23.